The minimum absolute atomic E-state index is 0.678. The van der Waals surface area contributed by atoms with Crippen LogP contribution in [-0.2, 0) is 4.57 Å². The zero-order valence-electron chi connectivity index (χ0n) is 21.4. The van der Waals surface area contributed by atoms with Crippen molar-refractivity contribution in [3.63, 3.8) is 0 Å². The lowest BCUT2D eigenvalue weighted by Gasteiger charge is -2.25. The molecule has 0 amide bonds. The molecule has 1 nitrogen and oxygen atoms in total. The molecule has 2 heteroatoms. The maximum Gasteiger partial charge on any atom is 0.144 e. The first-order valence-corrected chi connectivity index (χ1v) is 15.5. The molecular formula is C36H27OP. The first kappa shape index (κ1) is 22.1. The first-order valence-electron chi connectivity index (χ1n) is 13.6. The molecule has 0 aromatic heterocycles. The number of rotatable bonds is 5. The predicted octanol–water partition coefficient (Wildman–Crippen LogP) is 9.60. The van der Waals surface area contributed by atoms with Gasteiger partial charge >= 0.3 is 0 Å². The van der Waals surface area contributed by atoms with Crippen LogP contribution in [0.3, 0.4) is 0 Å². The van der Waals surface area contributed by atoms with Crippen LogP contribution in [-0.4, -0.2) is 6.16 Å². The quantitative estimate of drug-likeness (QED) is 0.168. The molecule has 0 aliphatic rings. The fourth-order valence-corrected chi connectivity index (χ4v) is 10.1. The maximum absolute atomic E-state index is 15.7. The number of benzene rings is 8. The van der Waals surface area contributed by atoms with E-state index >= 15 is 4.57 Å². The van der Waals surface area contributed by atoms with Crippen molar-refractivity contribution >= 4 is 82.4 Å². The second-order valence-electron chi connectivity index (χ2n) is 10.7. The Kier molecular flexibility index (Phi) is 4.67. The SMILES string of the molecule is CCCCP(=O)(c1ccc2ccc3cccc4ccc1c2c34)c1ccc2ccc3cccc4ccc1c2c34. The molecule has 182 valence electrons. The summed E-state index contributed by atoms with van der Waals surface area (Å²) < 4.78 is 15.7. The van der Waals surface area contributed by atoms with E-state index in [-0.39, 0.29) is 0 Å². The first-order chi connectivity index (χ1) is 18.7. The van der Waals surface area contributed by atoms with Gasteiger partial charge in [-0.25, -0.2) is 0 Å². The van der Waals surface area contributed by atoms with Gasteiger partial charge in [0.2, 0.25) is 0 Å². The summed E-state index contributed by atoms with van der Waals surface area (Å²) in [6.07, 6.45) is 2.63. The Labute approximate surface area is 221 Å². The average Bonchev–Trinajstić information content (AvgIpc) is 2.97. The van der Waals surface area contributed by atoms with Gasteiger partial charge in [-0.15, -0.1) is 0 Å². The summed E-state index contributed by atoms with van der Waals surface area (Å²) >= 11 is 0. The van der Waals surface area contributed by atoms with Crippen LogP contribution in [0, 0.1) is 0 Å². The summed E-state index contributed by atoms with van der Waals surface area (Å²) in [6.45, 7) is 2.19. The molecular weight excluding hydrogens is 479 g/mol. The second kappa shape index (κ2) is 8.03. The van der Waals surface area contributed by atoms with E-state index in [1.165, 1.54) is 53.9 Å². The van der Waals surface area contributed by atoms with Crippen molar-refractivity contribution in [2.75, 3.05) is 6.16 Å². The van der Waals surface area contributed by atoms with E-state index in [0.29, 0.717) is 6.16 Å². The molecule has 0 unspecified atom stereocenters. The van der Waals surface area contributed by atoms with Crippen LogP contribution in [0.25, 0.3) is 64.6 Å². The Morgan fingerprint density at radius 2 is 0.842 bits per heavy atom. The van der Waals surface area contributed by atoms with Gasteiger partial charge in [0.25, 0.3) is 0 Å². The Bertz CT molecular complexity index is 2020. The summed E-state index contributed by atoms with van der Waals surface area (Å²) in [5.41, 5.74) is 0. The Morgan fingerprint density at radius 1 is 0.474 bits per heavy atom. The molecule has 0 fully saturated rings. The number of unbranched alkanes of at least 4 members (excludes halogenated alkanes) is 1. The highest BCUT2D eigenvalue weighted by Crippen LogP contribution is 2.50. The molecule has 38 heavy (non-hydrogen) atoms. The lowest BCUT2D eigenvalue weighted by molar-refractivity contribution is 0.585. The maximum atomic E-state index is 15.7. The lowest BCUT2D eigenvalue weighted by atomic mass is 9.94. The van der Waals surface area contributed by atoms with Gasteiger partial charge in [0.1, 0.15) is 7.14 Å². The minimum atomic E-state index is -2.96. The largest absolute Gasteiger partial charge is 0.314 e. The van der Waals surface area contributed by atoms with E-state index < -0.39 is 7.14 Å². The summed E-state index contributed by atoms with van der Waals surface area (Å²) in [5, 5.41) is 16.7. The highest BCUT2D eigenvalue weighted by molar-refractivity contribution is 7.79. The Morgan fingerprint density at radius 3 is 1.26 bits per heavy atom. The second-order valence-corrected chi connectivity index (χ2v) is 13.6. The third-order valence-corrected chi connectivity index (χ3v) is 11.9. The van der Waals surface area contributed by atoms with Gasteiger partial charge in [-0.2, -0.15) is 0 Å². The third-order valence-electron chi connectivity index (χ3n) is 8.62. The van der Waals surface area contributed by atoms with Crippen molar-refractivity contribution < 1.29 is 4.57 Å². The van der Waals surface area contributed by atoms with Crippen LogP contribution in [0.1, 0.15) is 19.8 Å². The van der Waals surface area contributed by atoms with E-state index in [2.05, 4.69) is 116 Å². The number of hydrogen-bond acceptors (Lipinski definition) is 1. The summed E-state index contributed by atoms with van der Waals surface area (Å²) in [6, 6.07) is 39.4. The van der Waals surface area contributed by atoms with Crippen molar-refractivity contribution in [1.29, 1.82) is 0 Å². The standard InChI is InChI=1S/C36H27OP/c1-2-3-22-38(37,31-20-16-27-12-10-23-6-4-8-25-14-18-29(31)35(27)33(23)25)32-21-17-28-13-11-24-7-5-9-26-15-19-30(32)36(28)34(24)26/h4-21H,2-3,22H2,1H3. The van der Waals surface area contributed by atoms with Crippen molar-refractivity contribution in [2.24, 2.45) is 0 Å². The van der Waals surface area contributed by atoms with Crippen LogP contribution in [0.5, 0.6) is 0 Å². The molecule has 8 rings (SSSR count). The molecule has 8 aromatic carbocycles. The van der Waals surface area contributed by atoms with Gasteiger partial charge in [0.05, 0.1) is 0 Å². The predicted molar refractivity (Wildman–Crippen MR) is 167 cm³/mol. The molecule has 0 aliphatic carbocycles. The van der Waals surface area contributed by atoms with Crippen LogP contribution >= 0.6 is 7.14 Å². The molecule has 0 bridgehead atoms. The molecule has 8 aromatic rings. The van der Waals surface area contributed by atoms with Gasteiger partial charge < -0.3 is 4.57 Å². The molecule has 0 atom stereocenters. The molecule has 0 aliphatic heterocycles. The van der Waals surface area contributed by atoms with Crippen LogP contribution in [0.15, 0.2) is 109 Å². The normalized spacial score (nSPS) is 12.8. The highest BCUT2D eigenvalue weighted by Gasteiger charge is 2.31. The van der Waals surface area contributed by atoms with Crippen molar-refractivity contribution in [3.05, 3.63) is 109 Å². The van der Waals surface area contributed by atoms with E-state index in [9.17, 15) is 0 Å². The van der Waals surface area contributed by atoms with E-state index in [4.69, 9.17) is 0 Å². The van der Waals surface area contributed by atoms with E-state index in [1.807, 2.05) is 0 Å². The molecule has 0 spiro atoms. The van der Waals surface area contributed by atoms with Gasteiger partial charge in [0, 0.05) is 16.8 Å². The van der Waals surface area contributed by atoms with Gasteiger partial charge in [-0.1, -0.05) is 110 Å². The molecule has 0 N–H and O–H groups in total. The summed E-state index contributed by atoms with van der Waals surface area (Å²) in [4.78, 5) is 0. The van der Waals surface area contributed by atoms with Gasteiger partial charge in [0.15, 0.2) is 0 Å². The van der Waals surface area contributed by atoms with E-state index in [0.717, 1.165) is 34.2 Å². The summed E-state index contributed by atoms with van der Waals surface area (Å²) in [7, 11) is -2.96. The smallest absolute Gasteiger partial charge is 0.144 e. The molecule has 0 saturated carbocycles. The van der Waals surface area contributed by atoms with E-state index in [1.54, 1.807) is 0 Å². The topological polar surface area (TPSA) is 17.1 Å². The van der Waals surface area contributed by atoms with Crippen LogP contribution in [0.4, 0.5) is 0 Å². The zero-order valence-corrected chi connectivity index (χ0v) is 22.3. The number of hydrogen-bond donors (Lipinski definition) is 0. The Hall–Kier alpha value is -3.93. The molecule has 0 heterocycles. The highest BCUT2D eigenvalue weighted by atomic mass is 31.2. The van der Waals surface area contributed by atoms with Gasteiger partial charge in [-0.05, 0) is 83.2 Å². The molecule has 0 saturated heterocycles. The average molecular weight is 507 g/mol. The molecule has 0 radical (unpaired) electrons. The fourth-order valence-electron chi connectivity index (χ4n) is 6.82. The van der Waals surface area contributed by atoms with Crippen LogP contribution in [0.2, 0.25) is 0 Å². The van der Waals surface area contributed by atoms with Crippen LogP contribution < -0.4 is 10.6 Å². The monoisotopic (exact) mass is 506 g/mol. The lowest BCUT2D eigenvalue weighted by Crippen LogP contribution is -2.20. The summed E-state index contributed by atoms with van der Waals surface area (Å²) in [5.74, 6) is 0. The van der Waals surface area contributed by atoms with Crippen molar-refractivity contribution in [3.8, 4) is 0 Å². The zero-order chi connectivity index (χ0) is 25.4. The Balaban J connectivity index is 1.50. The fraction of sp³-hybridized carbons (Fsp3) is 0.111. The van der Waals surface area contributed by atoms with Crippen molar-refractivity contribution in [2.45, 2.75) is 19.8 Å². The van der Waals surface area contributed by atoms with Gasteiger partial charge in [-0.3, -0.25) is 0 Å². The third kappa shape index (κ3) is 2.91. The van der Waals surface area contributed by atoms with Crippen molar-refractivity contribution in [1.82, 2.24) is 0 Å². The minimum Gasteiger partial charge on any atom is -0.314 e.